The van der Waals surface area contributed by atoms with Gasteiger partial charge in [-0.25, -0.2) is 4.98 Å². The Morgan fingerprint density at radius 3 is 3.04 bits per heavy atom. The van der Waals surface area contributed by atoms with Crippen LogP contribution in [0.4, 0.5) is 11.4 Å². The number of pyridine rings is 1. The van der Waals surface area contributed by atoms with E-state index in [-0.39, 0.29) is 0 Å². The summed E-state index contributed by atoms with van der Waals surface area (Å²) in [4.78, 5) is 20.5. The molecule has 0 radical (unpaired) electrons. The highest BCUT2D eigenvalue weighted by Crippen LogP contribution is 2.30. The molecule has 0 aliphatic carbocycles. The van der Waals surface area contributed by atoms with Gasteiger partial charge in [0.1, 0.15) is 5.65 Å². The van der Waals surface area contributed by atoms with E-state index in [1.54, 1.807) is 11.1 Å². The Balaban J connectivity index is 1.49. The minimum atomic E-state index is 0.650. The first-order chi connectivity index (χ1) is 13.3. The summed E-state index contributed by atoms with van der Waals surface area (Å²) in [5.74, 6) is 0. The second-order valence-corrected chi connectivity index (χ2v) is 6.68. The van der Waals surface area contributed by atoms with Crippen LogP contribution in [0.3, 0.4) is 0 Å². The highest BCUT2D eigenvalue weighted by atomic mass is 16.1. The molecule has 0 fully saturated rings. The molecule has 0 bridgehead atoms. The molecule has 1 aromatic carbocycles. The van der Waals surface area contributed by atoms with Crippen molar-refractivity contribution >= 4 is 45.3 Å². The number of nitrogens with zero attached hydrogens (tertiary/aromatic N) is 3. The van der Waals surface area contributed by atoms with Crippen molar-refractivity contribution in [2.24, 2.45) is 0 Å². The smallest absolute Gasteiger partial charge is 0.209 e. The van der Waals surface area contributed by atoms with E-state index in [9.17, 15) is 4.79 Å². The molecular weight excluding hydrogens is 340 g/mol. The van der Waals surface area contributed by atoms with Crippen molar-refractivity contribution in [3.8, 4) is 0 Å². The zero-order valence-corrected chi connectivity index (χ0v) is 14.6. The van der Waals surface area contributed by atoms with Gasteiger partial charge in [-0.2, -0.15) is 5.10 Å². The first-order valence-corrected chi connectivity index (χ1v) is 8.87. The van der Waals surface area contributed by atoms with Crippen LogP contribution in [-0.2, 0) is 4.79 Å². The minimum Gasteiger partial charge on any atom is -0.355 e. The van der Waals surface area contributed by atoms with Gasteiger partial charge in [0.2, 0.25) is 6.41 Å². The Hall–Kier alpha value is -3.61. The molecule has 3 aromatic heterocycles. The van der Waals surface area contributed by atoms with Crippen molar-refractivity contribution in [1.82, 2.24) is 25.1 Å². The summed E-state index contributed by atoms with van der Waals surface area (Å²) in [7, 11) is 0. The second-order valence-electron chi connectivity index (χ2n) is 6.68. The summed E-state index contributed by atoms with van der Waals surface area (Å²) < 4.78 is 0. The SMILES string of the molecule is O=CN1CC=C(c2cc3c(Nc4ccc5[nH]ncc5c4)ccnc3[nH]2)CC1. The Morgan fingerprint density at radius 2 is 2.19 bits per heavy atom. The molecule has 1 aliphatic heterocycles. The van der Waals surface area contributed by atoms with Crippen LogP contribution in [0, 0.1) is 0 Å². The average molecular weight is 358 g/mol. The second kappa shape index (κ2) is 6.28. The van der Waals surface area contributed by atoms with Crippen molar-refractivity contribution in [2.45, 2.75) is 6.42 Å². The zero-order chi connectivity index (χ0) is 18.2. The third-order valence-corrected chi connectivity index (χ3v) is 4.99. The number of carbonyl (C=O) groups is 1. The normalized spacial score (nSPS) is 14.5. The number of aromatic amines is 2. The maximum atomic E-state index is 10.9. The van der Waals surface area contributed by atoms with Crippen LogP contribution in [0.2, 0.25) is 0 Å². The molecular formula is C20H18N6O. The van der Waals surface area contributed by atoms with Gasteiger partial charge in [-0.1, -0.05) is 6.08 Å². The molecule has 7 nitrogen and oxygen atoms in total. The number of amides is 1. The summed E-state index contributed by atoms with van der Waals surface area (Å²) >= 11 is 0. The molecule has 0 unspecified atom stereocenters. The number of hydrogen-bond acceptors (Lipinski definition) is 4. The molecule has 0 atom stereocenters. The maximum absolute atomic E-state index is 10.9. The maximum Gasteiger partial charge on any atom is 0.209 e. The highest BCUT2D eigenvalue weighted by molar-refractivity contribution is 5.95. The van der Waals surface area contributed by atoms with Crippen LogP contribution in [0.1, 0.15) is 12.1 Å². The van der Waals surface area contributed by atoms with Gasteiger partial charge in [-0.05, 0) is 42.3 Å². The minimum absolute atomic E-state index is 0.650. The van der Waals surface area contributed by atoms with Crippen LogP contribution in [0.15, 0.2) is 48.8 Å². The van der Waals surface area contributed by atoms with Gasteiger partial charge in [0.25, 0.3) is 0 Å². The predicted octanol–water partition coefficient (Wildman–Crippen LogP) is 3.43. The van der Waals surface area contributed by atoms with Gasteiger partial charge >= 0.3 is 0 Å². The van der Waals surface area contributed by atoms with Crippen LogP contribution < -0.4 is 5.32 Å². The van der Waals surface area contributed by atoms with Gasteiger partial charge < -0.3 is 15.2 Å². The fourth-order valence-corrected chi connectivity index (χ4v) is 3.51. The molecule has 7 heteroatoms. The highest BCUT2D eigenvalue weighted by Gasteiger charge is 2.15. The zero-order valence-electron chi connectivity index (χ0n) is 14.6. The number of fused-ring (bicyclic) bond motifs is 2. The standard InChI is InChI=1S/C20H18N6O/c27-12-26-7-4-13(5-8-26)19-10-16-18(3-6-21-20(16)24-19)23-15-1-2-17-14(9-15)11-22-25-17/h1-4,6,9-12H,5,7-8H2,(H,22,25)(H2,21,23,24). The molecule has 1 aliphatic rings. The van der Waals surface area contributed by atoms with E-state index in [2.05, 4.69) is 43.7 Å². The molecule has 27 heavy (non-hydrogen) atoms. The van der Waals surface area contributed by atoms with Crippen molar-refractivity contribution in [1.29, 1.82) is 0 Å². The predicted molar refractivity (Wildman–Crippen MR) is 106 cm³/mol. The first-order valence-electron chi connectivity index (χ1n) is 8.87. The molecule has 5 rings (SSSR count). The number of H-pyrrole nitrogens is 2. The van der Waals surface area contributed by atoms with Crippen molar-refractivity contribution in [3.05, 3.63) is 54.5 Å². The summed E-state index contributed by atoms with van der Waals surface area (Å²) in [6, 6.07) is 10.2. The third-order valence-electron chi connectivity index (χ3n) is 4.99. The molecule has 1 amide bonds. The largest absolute Gasteiger partial charge is 0.355 e. The van der Waals surface area contributed by atoms with E-state index in [0.717, 1.165) is 58.4 Å². The van der Waals surface area contributed by atoms with Gasteiger partial charge in [-0.3, -0.25) is 9.89 Å². The summed E-state index contributed by atoms with van der Waals surface area (Å²) in [6.07, 6.45) is 7.45. The average Bonchev–Trinajstić information content (AvgIpc) is 3.35. The van der Waals surface area contributed by atoms with Gasteiger partial charge in [-0.15, -0.1) is 0 Å². The summed E-state index contributed by atoms with van der Waals surface area (Å²) in [6.45, 7) is 1.39. The van der Waals surface area contributed by atoms with E-state index in [0.29, 0.717) is 6.54 Å². The van der Waals surface area contributed by atoms with Gasteiger partial charge in [0.15, 0.2) is 0 Å². The van der Waals surface area contributed by atoms with Crippen LogP contribution in [0.25, 0.3) is 27.5 Å². The number of nitrogens with one attached hydrogen (secondary N) is 3. The van der Waals surface area contributed by atoms with Gasteiger partial charge in [0.05, 0.1) is 17.4 Å². The molecule has 3 N–H and O–H groups in total. The van der Waals surface area contributed by atoms with Crippen LogP contribution >= 0.6 is 0 Å². The lowest BCUT2D eigenvalue weighted by Gasteiger charge is -2.21. The number of benzene rings is 1. The molecule has 0 saturated heterocycles. The molecule has 0 saturated carbocycles. The molecule has 134 valence electrons. The first kappa shape index (κ1) is 15.6. The fraction of sp³-hybridized carbons (Fsp3) is 0.150. The lowest BCUT2D eigenvalue weighted by atomic mass is 10.1. The number of aromatic nitrogens is 4. The van der Waals surface area contributed by atoms with Crippen LogP contribution in [-0.4, -0.2) is 44.6 Å². The van der Waals surface area contributed by atoms with E-state index in [1.165, 1.54) is 5.57 Å². The Morgan fingerprint density at radius 1 is 1.22 bits per heavy atom. The fourth-order valence-electron chi connectivity index (χ4n) is 3.51. The topological polar surface area (TPSA) is 89.7 Å². The molecule has 4 aromatic rings. The quantitative estimate of drug-likeness (QED) is 0.488. The lowest BCUT2D eigenvalue weighted by molar-refractivity contribution is -0.117. The molecule has 4 heterocycles. The molecule has 0 spiro atoms. The number of rotatable bonds is 4. The van der Waals surface area contributed by atoms with E-state index >= 15 is 0 Å². The van der Waals surface area contributed by atoms with E-state index in [1.807, 2.05) is 24.4 Å². The van der Waals surface area contributed by atoms with Crippen molar-refractivity contribution in [3.63, 3.8) is 0 Å². The summed E-state index contributed by atoms with van der Waals surface area (Å²) in [5.41, 5.74) is 6.13. The summed E-state index contributed by atoms with van der Waals surface area (Å²) in [5, 5.41) is 12.6. The lowest BCUT2D eigenvalue weighted by Crippen LogP contribution is -2.26. The van der Waals surface area contributed by atoms with E-state index in [4.69, 9.17) is 0 Å². The number of anilines is 2. The number of carbonyl (C=O) groups excluding carboxylic acids is 1. The number of hydrogen-bond donors (Lipinski definition) is 3. The monoisotopic (exact) mass is 358 g/mol. The Kier molecular flexibility index (Phi) is 3.64. The van der Waals surface area contributed by atoms with Crippen molar-refractivity contribution in [2.75, 3.05) is 18.4 Å². The Labute approximate surface area is 155 Å². The van der Waals surface area contributed by atoms with Crippen molar-refractivity contribution < 1.29 is 4.79 Å². The van der Waals surface area contributed by atoms with Gasteiger partial charge in [0, 0.05) is 41.4 Å². The third kappa shape index (κ3) is 2.83. The van der Waals surface area contributed by atoms with Crippen LogP contribution in [0.5, 0.6) is 0 Å². The Bertz CT molecular complexity index is 1170. The van der Waals surface area contributed by atoms with E-state index < -0.39 is 0 Å².